The average molecular weight is 277 g/mol. The van der Waals surface area contributed by atoms with Gasteiger partial charge in [0.2, 0.25) is 0 Å². The van der Waals surface area contributed by atoms with Gasteiger partial charge in [-0.3, -0.25) is 0 Å². The zero-order valence-electron chi connectivity index (χ0n) is 13.7. The minimum Gasteiger partial charge on any atom is -0.493 e. The van der Waals surface area contributed by atoms with Crippen LogP contribution in [0.5, 0.6) is 5.75 Å². The minimum absolute atomic E-state index is 0.571. The first-order valence-electron chi connectivity index (χ1n) is 8.16. The van der Waals surface area contributed by atoms with Gasteiger partial charge in [0.1, 0.15) is 5.75 Å². The number of para-hydroxylation sites is 1. The topological polar surface area (TPSA) is 12.5 Å². The van der Waals surface area contributed by atoms with Crippen molar-refractivity contribution in [1.29, 1.82) is 0 Å². The van der Waals surface area contributed by atoms with E-state index in [1.165, 1.54) is 18.5 Å². The maximum absolute atomic E-state index is 5.99. The summed E-state index contributed by atoms with van der Waals surface area (Å²) in [6.07, 6.45) is 3.50. The van der Waals surface area contributed by atoms with Gasteiger partial charge in [0.25, 0.3) is 0 Å². The van der Waals surface area contributed by atoms with Gasteiger partial charge < -0.3 is 9.64 Å². The van der Waals surface area contributed by atoms with Gasteiger partial charge in [-0.05, 0) is 56.4 Å². The van der Waals surface area contributed by atoms with Crippen molar-refractivity contribution in [3.63, 3.8) is 0 Å². The number of hydrogen-bond donors (Lipinski definition) is 0. The molecule has 0 heterocycles. The monoisotopic (exact) mass is 277 g/mol. The number of hydrogen-bond acceptors (Lipinski definition) is 2. The minimum atomic E-state index is 0.571. The maximum Gasteiger partial charge on any atom is 0.122 e. The number of rotatable bonds is 10. The molecule has 0 spiro atoms. The fourth-order valence-corrected chi connectivity index (χ4v) is 2.40. The van der Waals surface area contributed by atoms with Gasteiger partial charge in [-0.25, -0.2) is 0 Å². The Labute approximate surface area is 125 Å². The largest absolute Gasteiger partial charge is 0.493 e. The fourth-order valence-electron chi connectivity index (χ4n) is 2.40. The lowest BCUT2D eigenvalue weighted by Gasteiger charge is -2.18. The second-order valence-electron chi connectivity index (χ2n) is 5.43. The third kappa shape index (κ3) is 5.54. The standard InChI is InChI=1S/C18H31NO/c1-5-16(4)17-12-8-9-13-18(17)20-15-11-10-14-19(6-2)7-3/h8-9,12-13,16H,5-7,10-11,14-15H2,1-4H3/t16-/m1/s1. The summed E-state index contributed by atoms with van der Waals surface area (Å²) in [6, 6.07) is 8.47. The summed E-state index contributed by atoms with van der Waals surface area (Å²) in [6.45, 7) is 13.2. The zero-order chi connectivity index (χ0) is 14.8. The highest BCUT2D eigenvalue weighted by Gasteiger charge is 2.09. The third-order valence-electron chi connectivity index (χ3n) is 4.08. The van der Waals surface area contributed by atoms with E-state index >= 15 is 0 Å². The average Bonchev–Trinajstić information content (AvgIpc) is 2.50. The van der Waals surface area contributed by atoms with Crippen LogP contribution in [0.1, 0.15) is 58.4 Å². The Balaban J connectivity index is 2.35. The maximum atomic E-state index is 5.99. The van der Waals surface area contributed by atoms with E-state index in [4.69, 9.17) is 4.74 Å². The van der Waals surface area contributed by atoms with E-state index in [1.54, 1.807) is 0 Å². The Hall–Kier alpha value is -1.02. The lowest BCUT2D eigenvalue weighted by atomic mass is 9.98. The van der Waals surface area contributed by atoms with E-state index in [9.17, 15) is 0 Å². The molecular formula is C18H31NO. The van der Waals surface area contributed by atoms with Gasteiger partial charge in [-0.2, -0.15) is 0 Å². The summed E-state index contributed by atoms with van der Waals surface area (Å²) >= 11 is 0. The predicted molar refractivity (Wildman–Crippen MR) is 87.7 cm³/mol. The van der Waals surface area contributed by atoms with Gasteiger partial charge >= 0.3 is 0 Å². The van der Waals surface area contributed by atoms with Crippen molar-refractivity contribution in [2.75, 3.05) is 26.2 Å². The van der Waals surface area contributed by atoms with Gasteiger partial charge in [0.05, 0.1) is 6.61 Å². The molecule has 0 aliphatic carbocycles. The Kier molecular flexibility index (Phi) is 8.36. The summed E-state index contributed by atoms with van der Waals surface area (Å²) in [7, 11) is 0. The molecule has 0 aromatic heterocycles. The molecule has 0 aliphatic heterocycles. The van der Waals surface area contributed by atoms with Crippen LogP contribution in [-0.2, 0) is 0 Å². The van der Waals surface area contributed by atoms with Crippen LogP contribution in [0, 0.1) is 0 Å². The molecule has 2 heteroatoms. The molecule has 0 fully saturated rings. The molecule has 0 amide bonds. The highest BCUT2D eigenvalue weighted by atomic mass is 16.5. The normalized spacial score (nSPS) is 12.7. The Morgan fingerprint density at radius 1 is 1.05 bits per heavy atom. The Morgan fingerprint density at radius 2 is 1.75 bits per heavy atom. The van der Waals surface area contributed by atoms with Gasteiger partial charge in [-0.1, -0.05) is 45.9 Å². The molecule has 20 heavy (non-hydrogen) atoms. The van der Waals surface area contributed by atoms with E-state index in [1.807, 2.05) is 0 Å². The quantitative estimate of drug-likeness (QED) is 0.575. The summed E-state index contributed by atoms with van der Waals surface area (Å²) in [5, 5.41) is 0. The van der Waals surface area contributed by atoms with E-state index in [-0.39, 0.29) is 0 Å². The van der Waals surface area contributed by atoms with Gasteiger partial charge in [0.15, 0.2) is 0 Å². The van der Waals surface area contributed by atoms with Crippen molar-refractivity contribution in [3.8, 4) is 5.75 Å². The van der Waals surface area contributed by atoms with Crippen LogP contribution in [0.25, 0.3) is 0 Å². The summed E-state index contributed by atoms with van der Waals surface area (Å²) in [5.41, 5.74) is 1.35. The molecule has 0 radical (unpaired) electrons. The second kappa shape index (κ2) is 9.82. The Morgan fingerprint density at radius 3 is 2.40 bits per heavy atom. The lowest BCUT2D eigenvalue weighted by molar-refractivity contribution is 0.264. The lowest BCUT2D eigenvalue weighted by Crippen LogP contribution is -2.24. The molecule has 0 bridgehead atoms. The van der Waals surface area contributed by atoms with Crippen molar-refractivity contribution in [2.24, 2.45) is 0 Å². The highest BCUT2D eigenvalue weighted by molar-refractivity contribution is 5.35. The second-order valence-corrected chi connectivity index (χ2v) is 5.43. The fraction of sp³-hybridized carbons (Fsp3) is 0.667. The smallest absolute Gasteiger partial charge is 0.122 e. The van der Waals surface area contributed by atoms with E-state index in [0.717, 1.165) is 38.3 Å². The van der Waals surface area contributed by atoms with Crippen LogP contribution >= 0.6 is 0 Å². The van der Waals surface area contributed by atoms with Crippen molar-refractivity contribution in [1.82, 2.24) is 4.90 Å². The molecule has 1 rings (SSSR count). The molecule has 0 saturated carbocycles. The molecule has 1 aromatic carbocycles. The molecule has 2 nitrogen and oxygen atoms in total. The van der Waals surface area contributed by atoms with Crippen LogP contribution in [0.15, 0.2) is 24.3 Å². The van der Waals surface area contributed by atoms with Crippen LogP contribution in [0.3, 0.4) is 0 Å². The number of unbranched alkanes of at least 4 members (excludes halogenated alkanes) is 1. The van der Waals surface area contributed by atoms with Crippen molar-refractivity contribution in [3.05, 3.63) is 29.8 Å². The van der Waals surface area contributed by atoms with Crippen molar-refractivity contribution >= 4 is 0 Å². The zero-order valence-corrected chi connectivity index (χ0v) is 13.7. The SMILES string of the molecule is CC[C@@H](C)c1ccccc1OCCCCN(CC)CC. The number of ether oxygens (including phenoxy) is 1. The number of nitrogens with zero attached hydrogens (tertiary/aromatic N) is 1. The van der Waals surface area contributed by atoms with E-state index in [2.05, 4.69) is 56.9 Å². The first kappa shape index (κ1) is 17.0. The number of benzene rings is 1. The third-order valence-corrected chi connectivity index (χ3v) is 4.08. The van der Waals surface area contributed by atoms with Gasteiger partial charge in [-0.15, -0.1) is 0 Å². The molecule has 1 aromatic rings. The van der Waals surface area contributed by atoms with Crippen molar-refractivity contribution in [2.45, 2.75) is 52.9 Å². The molecule has 0 N–H and O–H groups in total. The van der Waals surface area contributed by atoms with E-state index < -0.39 is 0 Å². The van der Waals surface area contributed by atoms with Crippen LogP contribution in [0.4, 0.5) is 0 Å². The van der Waals surface area contributed by atoms with Crippen molar-refractivity contribution < 1.29 is 4.74 Å². The summed E-state index contributed by atoms with van der Waals surface area (Å²) < 4.78 is 5.99. The molecule has 1 atom stereocenters. The van der Waals surface area contributed by atoms with Crippen LogP contribution in [-0.4, -0.2) is 31.1 Å². The van der Waals surface area contributed by atoms with E-state index in [0.29, 0.717) is 5.92 Å². The Bertz CT molecular complexity index is 360. The summed E-state index contributed by atoms with van der Waals surface area (Å²) in [4.78, 5) is 2.47. The summed E-state index contributed by atoms with van der Waals surface area (Å²) in [5.74, 6) is 1.64. The van der Waals surface area contributed by atoms with Crippen LogP contribution < -0.4 is 4.74 Å². The van der Waals surface area contributed by atoms with Crippen LogP contribution in [0.2, 0.25) is 0 Å². The van der Waals surface area contributed by atoms with Gasteiger partial charge in [0, 0.05) is 0 Å². The first-order valence-corrected chi connectivity index (χ1v) is 8.16. The molecular weight excluding hydrogens is 246 g/mol. The first-order chi connectivity index (χ1) is 9.72. The molecule has 114 valence electrons. The molecule has 0 unspecified atom stereocenters. The highest BCUT2D eigenvalue weighted by Crippen LogP contribution is 2.28. The molecule has 0 aliphatic rings. The molecule has 0 saturated heterocycles. The predicted octanol–water partition coefficient (Wildman–Crippen LogP) is 4.70.